The van der Waals surface area contributed by atoms with Crippen LogP contribution in [0.15, 0.2) is 36.5 Å². The van der Waals surface area contributed by atoms with E-state index in [-0.39, 0.29) is 0 Å². The number of nitrogens with zero attached hydrogens (tertiary/aromatic N) is 2. The molecule has 2 aromatic rings. The number of hydrogen-bond acceptors (Lipinski definition) is 3. The van der Waals surface area contributed by atoms with Crippen molar-refractivity contribution >= 4 is 34.1 Å². The molecule has 17 heavy (non-hydrogen) atoms. The first kappa shape index (κ1) is 11.9. The molecule has 0 aliphatic rings. The summed E-state index contributed by atoms with van der Waals surface area (Å²) < 4.78 is 1.14. The van der Waals surface area contributed by atoms with Gasteiger partial charge in [0.15, 0.2) is 0 Å². The van der Waals surface area contributed by atoms with Crippen LogP contribution in [0, 0.1) is 21.8 Å². The summed E-state index contributed by atoms with van der Waals surface area (Å²) in [6.07, 6.45) is 1.70. The molecule has 1 aromatic heterocycles. The van der Waals surface area contributed by atoms with Crippen molar-refractivity contribution in [2.24, 2.45) is 0 Å². The summed E-state index contributed by atoms with van der Waals surface area (Å²) in [7, 11) is 0. The van der Waals surface area contributed by atoms with E-state index in [2.05, 4.69) is 39.0 Å². The van der Waals surface area contributed by atoms with Crippen LogP contribution >= 0.6 is 22.6 Å². The molecule has 1 N–H and O–H groups in total. The van der Waals surface area contributed by atoms with E-state index in [1.807, 2.05) is 37.3 Å². The first-order chi connectivity index (χ1) is 8.20. The Kier molecular flexibility index (Phi) is 3.59. The third-order valence-corrected chi connectivity index (χ3v) is 3.03. The minimum absolute atomic E-state index is 0.589. The van der Waals surface area contributed by atoms with E-state index >= 15 is 0 Å². The van der Waals surface area contributed by atoms with Crippen molar-refractivity contribution in [2.75, 3.05) is 5.32 Å². The van der Waals surface area contributed by atoms with E-state index in [0.717, 1.165) is 14.8 Å². The molecule has 0 amide bonds. The maximum Gasteiger partial charge on any atom is 0.148 e. The van der Waals surface area contributed by atoms with Gasteiger partial charge in [-0.15, -0.1) is 0 Å². The van der Waals surface area contributed by atoms with Gasteiger partial charge in [-0.3, -0.25) is 0 Å². The summed E-state index contributed by atoms with van der Waals surface area (Å²) in [5, 5.41) is 12.3. The van der Waals surface area contributed by atoms with Crippen LogP contribution in [0.4, 0.5) is 11.5 Å². The zero-order valence-electron chi connectivity index (χ0n) is 9.24. The largest absolute Gasteiger partial charge is 0.339 e. The van der Waals surface area contributed by atoms with E-state index < -0.39 is 0 Å². The molecule has 0 aliphatic carbocycles. The molecule has 0 unspecified atom stereocenters. The van der Waals surface area contributed by atoms with E-state index in [4.69, 9.17) is 5.26 Å². The minimum atomic E-state index is 0.589. The average molecular weight is 335 g/mol. The van der Waals surface area contributed by atoms with Crippen LogP contribution in [0.5, 0.6) is 0 Å². The fourth-order valence-electron chi connectivity index (χ4n) is 1.50. The molecular formula is C13H10IN3. The van der Waals surface area contributed by atoms with Gasteiger partial charge in [0.05, 0.1) is 5.56 Å². The number of anilines is 2. The van der Waals surface area contributed by atoms with Gasteiger partial charge in [-0.1, -0.05) is 6.07 Å². The second kappa shape index (κ2) is 5.15. The first-order valence-electron chi connectivity index (χ1n) is 5.09. The van der Waals surface area contributed by atoms with Gasteiger partial charge < -0.3 is 5.32 Å². The van der Waals surface area contributed by atoms with Crippen LogP contribution in [0.3, 0.4) is 0 Å². The topological polar surface area (TPSA) is 48.7 Å². The number of pyridine rings is 1. The number of nitrogens with one attached hydrogen (secondary N) is 1. The summed E-state index contributed by atoms with van der Waals surface area (Å²) in [6, 6.07) is 11.9. The highest BCUT2D eigenvalue weighted by atomic mass is 127. The maximum atomic E-state index is 9.10. The Morgan fingerprint density at radius 2 is 2.18 bits per heavy atom. The van der Waals surface area contributed by atoms with E-state index in [0.29, 0.717) is 11.4 Å². The van der Waals surface area contributed by atoms with Crippen molar-refractivity contribution in [2.45, 2.75) is 6.92 Å². The Morgan fingerprint density at radius 3 is 2.88 bits per heavy atom. The molecule has 0 atom stereocenters. The second-order valence-corrected chi connectivity index (χ2v) is 4.84. The summed E-state index contributed by atoms with van der Waals surface area (Å²) in [4.78, 5) is 4.20. The Balaban J connectivity index is 2.37. The monoisotopic (exact) mass is 335 g/mol. The van der Waals surface area contributed by atoms with E-state index in [9.17, 15) is 0 Å². The highest BCUT2D eigenvalue weighted by molar-refractivity contribution is 14.1. The molecule has 0 fully saturated rings. The van der Waals surface area contributed by atoms with Gasteiger partial charge in [0.25, 0.3) is 0 Å². The third-order valence-electron chi connectivity index (χ3n) is 2.36. The van der Waals surface area contributed by atoms with Gasteiger partial charge in [-0.25, -0.2) is 4.98 Å². The van der Waals surface area contributed by atoms with Crippen LogP contribution < -0.4 is 5.32 Å². The number of halogens is 1. The first-order valence-corrected chi connectivity index (χ1v) is 6.17. The summed E-state index contributed by atoms with van der Waals surface area (Å²) in [5.74, 6) is 0.606. The standard InChI is InChI=1S/C13H10IN3/c1-9-5-6-16-13(12(9)8-15)17-11-4-2-3-10(14)7-11/h2-7H,1H3,(H,16,17). The average Bonchev–Trinajstić information content (AvgIpc) is 2.29. The van der Waals surface area contributed by atoms with Crippen LogP contribution in [0.25, 0.3) is 0 Å². The number of hydrogen-bond donors (Lipinski definition) is 1. The molecular weight excluding hydrogens is 325 g/mol. The lowest BCUT2D eigenvalue weighted by atomic mass is 10.1. The number of aromatic nitrogens is 1. The Morgan fingerprint density at radius 1 is 1.35 bits per heavy atom. The number of benzene rings is 1. The highest BCUT2D eigenvalue weighted by Gasteiger charge is 2.06. The molecule has 0 spiro atoms. The van der Waals surface area contributed by atoms with Gasteiger partial charge in [0.1, 0.15) is 11.9 Å². The van der Waals surface area contributed by atoms with Gasteiger partial charge in [0.2, 0.25) is 0 Å². The molecule has 1 aromatic carbocycles. The molecule has 0 bridgehead atoms. The van der Waals surface area contributed by atoms with Gasteiger partial charge in [-0.2, -0.15) is 5.26 Å². The molecule has 0 radical (unpaired) electrons. The van der Waals surface area contributed by atoms with Crippen molar-refractivity contribution in [3.63, 3.8) is 0 Å². The number of rotatable bonds is 2. The lowest BCUT2D eigenvalue weighted by molar-refractivity contribution is 1.24. The molecule has 0 saturated carbocycles. The number of nitriles is 1. The summed E-state index contributed by atoms with van der Waals surface area (Å²) >= 11 is 2.25. The zero-order valence-corrected chi connectivity index (χ0v) is 11.4. The molecule has 84 valence electrons. The summed E-state index contributed by atoms with van der Waals surface area (Å²) in [5.41, 5.74) is 2.45. The minimum Gasteiger partial charge on any atom is -0.339 e. The van der Waals surface area contributed by atoms with Crippen LogP contribution in [-0.2, 0) is 0 Å². The van der Waals surface area contributed by atoms with Gasteiger partial charge >= 0.3 is 0 Å². The fourth-order valence-corrected chi connectivity index (χ4v) is 2.04. The van der Waals surface area contributed by atoms with Crippen molar-refractivity contribution in [1.82, 2.24) is 4.98 Å². The fraction of sp³-hybridized carbons (Fsp3) is 0.0769. The van der Waals surface area contributed by atoms with Crippen LogP contribution in [0.1, 0.15) is 11.1 Å². The summed E-state index contributed by atoms with van der Waals surface area (Å²) in [6.45, 7) is 1.90. The highest BCUT2D eigenvalue weighted by Crippen LogP contribution is 2.21. The normalized spacial score (nSPS) is 9.71. The van der Waals surface area contributed by atoms with Gasteiger partial charge in [-0.05, 0) is 59.3 Å². The smallest absolute Gasteiger partial charge is 0.148 e. The maximum absolute atomic E-state index is 9.10. The molecule has 4 heteroatoms. The van der Waals surface area contributed by atoms with Gasteiger partial charge in [0, 0.05) is 15.5 Å². The molecule has 3 nitrogen and oxygen atoms in total. The Hall–Kier alpha value is -1.61. The SMILES string of the molecule is Cc1ccnc(Nc2cccc(I)c2)c1C#N. The van der Waals surface area contributed by atoms with Crippen molar-refractivity contribution in [1.29, 1.82) is 5.26 Å². The lowest BCUT2D eigenvalue weighted by Gasteiger charge is -2.08. The molecule has 1 heterocycles. The predicted octanol–water partition coefficient (Wildman–Crippen LogP) is 3.61. The van der Waals surface area contributed by atoms with Crippen molar-refractivity contribution in [3.8, 4) is 6.07 Å². The van der Waals surface area contributed by atoms with Crippen molar-refractivity contribution < 1.29 is 0 Å². The zero-order chi connectivity index (χ0) is 12.3. The van der Waals surface area contributed by atoms with Crippen LogP contribution in [-0.4, -0.2) is 4.98 Å². The lowest BCUT2D eigenvalue weighted by Crippen LogP contribution is -1.98. The van der Waals surface area contributed by atoms with Crippen molar-refractivity contribution in [3.05, 3.63) is 51.2 Å². The molecule has 0 aliphatic heterocycles. The third kappa shape index (κ3) is 2.74. The van der Waals surface area contributed by atoms with E-state index in [1.165, 1.54) is 0 Å². The molecule has 2 rings (SSSR count). The second-order valence-electron chi connectivity index (χ2n) is 3.60. The predicted molar refractivity (Wildman–Crippen MR) is 76.1 cm³/mol. The quantitative estimate of drug-likeness (QED) is 0.853. The Bertz CT molecular complexity index is 587. The Labute approximate surface area is 114 Å². The molecule has 0 saturated heterocycles. The van der Waals surface area contributed by atoms with E-state index in [1.54, 1.807) is 6.20 Å². The number of aryl methyl sites for hydroxylation is 1. The van der Waals surface area contributed by atoms with Crippen LogP contribution in [0.2, 0.25) is 0 Å².